The van der Waals surface area contributed by atoms with Gasteiger partial charge >= 0.3 is 55.4 Å². The first kappa shape index (κ1) is 65.8. The Kier molecular flexibility index (Phi) is 18.2. The fraction of sp³-hybridized carbons (Fsp3) is 0.196. The van der Waals surface area contributed by atoms with Crippen molar-refractivity contribution in [3.8, 4) is 0 Å². The molecule has 7 aromatic rings. The molecule has 1 heterocycles. The number of esters is 1. The van der Waals surface area contributed by atoms with Crippen LogP contribution in [0.5, 0.6) is 0 Å². The Labute approximate surface area is 474 Å². The number of halogens is 27. The first-order valence-electron chi connectivity index (χ1n) is 22.3. The molecular formula is C51H25BBr3F24NO3. The van der Waals surface area contributed by atoms with Crippen LogP contribution in [-0.2, 0) is 60.7 Å². The highest BCUT2D eigenvalue weighted by Crippen LogP contribution is 2.42. The third-order valence-electron chi connectivity index (χ3n) is 12.2. The number of nitrogens with zero attached hydrogens (tertiary/aromatic N) is 1. The molecule has 7 rings (SSSR count). The highest BCUT2D eigenvalue weighted by atomic mass is 80.0. The van der Waals surface area contributed by atoms with Gasteiger partial charge in [-0.1, -0.05) is 97.1 Å². The predicted octanol–water partition coefficient (Wildman–Crippen LogP) is 16.2. The van der Waals surface area contributed by atoms with Crippen LogP contribution in [0.4, 0.5) is 105 Å². The Morgan fingerprint density at radius 2 is 0.663 bits per heavy atom. The van der Waals surface area contributed by atoms with E-state index in [-0.39, 0.29) is 12.3 Å². The van der Waals surface area contributed by atoms with Crippen LogP contribution >= 0.6 is 47.8 Å². The lowest BCUT2D eigenvalue weighted by atomic mass is 9.12. The van der Waals surface area contributed by atoms with Crippen LogP contribution in [0, 0.1) is 0 Å². The molecule has 0 aliphatic rings. The zero-order valence-electron chi connectivity index (χ0n) is 39.9. The number of Topliss-reactive ketones (excluding diaryl/α,β-unsaturated/α-hetero) is 1. The Morgan fingerprint density at radius 1 is 0.386 bits per heavy atom. The average Bonchev–Trinajstić information content (AvgIpc) is 3.32. The summed E-state index contributed by atoms with van der Waals surface area (Å²) in [6.45, 7) is 0.0269. The Morgan fingerprint density at radius 3 is 0.940 bits per heavy atom. The summed E-state index contributed by atoms with van der Waals surface area (Å²) in [6.07, 6.45) is -53.1. The van der Waals surface area contributed by atoms with Crippen molar-refractivity contribution in [2.24, 2.45) is 0 Å². The quantitative estimate of drug-likeness (QED) is 0.0380. The molecule has 0 aliphatic heterocycles. The van der Waals surface area contributed by atoms with Crippen LogP contribution in [0.2, 0.25) is 0 Å². The molecule has 32 heteroatoms. The average molecular weight is 1410 g/mol. The summed E-state index contributed by atoms with van der Waals surface area (Å²) in [5.74, 6) is -0.670. The van der Waals surface area contributed by atoms with E-state index in [4.69, 9.17) is 4.74 Å². The van der Waals surface area contributed by atoms with Crippen LogP contribution < -0.4 is 26.4 Å². The third-order valence-corrected chi connectivity index (χ3v) is 12.7. The summed E-state index contributed by atoms with van der Waals surface area (Å²) < 4.78 is 347. The second-order valence-electron chi connectivity index (χ2n) is 17.7. The number of ether oxygens (including phenoxy) is 1. The maximum absolute atomic E-state index is 14.2. The number of hydrogen-bond acceptors (Lipinski definition) is 3. The fourth-order valence-electron chi connectivity index (χ4n) is 8.71. The van der Waals surface area contributed by atoms with Crippen molar-refractivity contribution in [3.63, 3.8) is 0 Å². The van der Waals surface area contributed by atoms with Gasteiger partial charge in [0.15, 0.2) is 6.20 Å². The second-order valence-corrected chi connectivity index (χ2v) is 24.3. The number of alkyl halides is 27. The van der Waals surface area contributed by atoms with Crippen LogP contribution in [-0.4, -0.2) is 20.2 Å². The van der Waals surface area contributed by atoms with E-state index in [1.54, 1.807) is 22.9 Å². The molecule has 0 fully saturated rings. The summed E-state index contributed by atoms with van der Waals surface area (Å²) in [7, 11) is 0. The highest BCUT2D eigenvalue weighted by Gasteiger charge is 2.47. The molecule has 0 N–H and O–H groups in total. The van der Waals surface area contributed by atoms with E-state index in [2.05, 4.69) is 47.8 Å². The minimum atomic E-state index is -6.13. The lowest BCUT2D eigenvalue weighted by molar-refractivity contribution is -0.684. The normalized spacial score (nSPS) is 13.4. The maximum atomic E-state index is 14.2. The van der Waals surface area contributed by atoms with Crippen molar-refractivity contribution in [1.29, 1.82) is 0 Å². The van der Waals surface area contributed by atoms with Crippen molar-refractivity contribution < 1.29 is 124 Å². The second kappa shape index (κ2) is 22.9. The van der Waals surface area contributed by atoms with E-state index in [0.29, 0.717) is 16.6 Å². The van der Waals surface area contributed by atoms with Crippen molar-refractivity contribution >= 4 is 98.3 Å². The SMILES string of the molecule is FC(F)(F)c1cc([B-](c2cc(C(F)(F)F)cc(C(F)(F)F)c2)(c2cc(C(F)(F)F)cc(C(F)(F)F)c2)c2cc(C(F)(F)F)cc(C(F)(F)F)c2)cc(C(F)(F)F)c1.O=C(C[n+]1ccc2ccccc2c1C(=O)OC(Br)(Br)Br)c1ccccc1. The van der Waals surface area contributed by atoms with Crippen molar-refractivity contribution in [2.45, 2.75) is 58.3 Å². The molecule has 4 nitrogen and oxygen atoms in total. The molecule has 0 bridgehead atoms. The van der Waals surface area contributed by atoms with Gasteiger partial charge in [0.1, 0.15) is 6.15 Å². The summed E-state index contributed by atoms with van der Waals surface area (Å²) in [5, 5.41) is 1.59. The van der Waals surface area contributed by atoms with Gasteiger partial charge in [0, 0.05) is 11.6 Å². The molecule has 0 spiro atoms. The van der Waals surface area contributed by atoms with Gasteiger partial charge in [-0.05, 0) is 83.5 Å². The van der Waals surface area contributed by atoms with Gasteiger partial charge in [-0.15, -0.1) is 0 Å². The lowest BCUT2D eigenvalue weighted by Crippen LogP contribution is -2.75. The number of carbonyl (C=O) groups is 2. The molecule has 0 saturated carbocycles. The van der Waals surface area contributed by atoms with Crippen LogP contribution in [0.1, 0.15) is 65.4 Å². The molecule has 83 heavy (non-hydrogen) atoms. The highest BCUT2D eigenvalue weighted by molar-refractivity contribution is 9.39. The van der Waals surface area contributed by atoms with E-state index in [1.807, 2.05) is 48.5 Å². The van der Waals surface area contributed by atoms with Crippen LogP contribution in [0.3, 0.4) is 0 Å². The number of rotatable bonds is 8. The van der Waals surface area contributed by atoms with Crippen molar-refractivity contribution in [1.82, 2.24) is 0 Å². The number of fused-ring (bicyclic) bond motifs is 1. The largest absolute Gasteiger partial charge is 0.419 e. The van der Waals surface area contributed by atoms with Gasteiger partial charge in [0.25, 0.3) is 8.02 Å². The van der Waals surface area contributed by atoms with E-state index in [0.717, 1.165) is 5.39 Å². The zero-order valence-corrected chi connectivity index (χ0v) is 44.7. The topological polar surface area (TPSA) is 47.2 Å². The summed E-state index contributed by atoms with van der Waals surface area (Å²) in [4.78, 5) is 25.4. The number of benzene rings is 6. The van der Waals surface area contributed by atoms with E-state index in [9.17, 15) is 115 Å². The molecule has 444 valence electrons. The number of hydrogen-bond donors (Lipinski definition) is 0. The first-order valence-corrected chi connectivity index (χ1v) is 24.6. The molecule has 0 amide bonds. The Bertz CT molecular complexity index is 3130. The van der Waals surface area contributed by atoms with Gasteiger partial charge in [-0.25, -0.2) is 4.79 Å². The zero-order chi connectivity index (χ0) is 62.6. The molecule has 1 aromatic heterocycles. The first-order chi connectivity index (χ1) is 37.6. The fourth-order valence-corrected chi connectivity index (χ4v) is 9.15. The minimum Gasteiger partial charge on any atom is -0.419 e. The van der Waals surface area contributed by atoms with Gasteiger partial charge in [0.2, 0.25) is 12.3 Å². The maximum Gasteiger partial charge on any atom is 0.416 e. The monoisotopic (exact) mass is 1400 g/mol. The summed E-state index contributed by atoms with van der Waals surface area (Å²) in [5.41, 5.74) is -29.3. The standard InChI is InChI=1S/C32H12BF24.C19H13Br3NO3/c34-25(35,36)13-1-14(26(37,38)39)6-21(5-13)33(22-7-15(27(40,41)42)2-16(8-22)28(43,44)45,23-9-17(29(46,47)48)3-18(10-23)30(49,50)51)24-11-19(31(52,53)54)4-20(12-24)32(55,56)57;20-19(21,22)26-18(25)17-15-9-5-4-6-13(15)10-11-23(17)12-16(24)14-7-2-1-3-8-14/h1-12H;1-11H,12H2/q-1;+1. The number of pyridine rings is 1. The molecule has 0 atom stereocenters. The molecule has 6 aromatic carbocycles. The van der Waals surface area contributed by atoms with Crippen molar-refractivity contribution in [3.05, 3.63) is 195 Å². The van der Waals surface area contributed by atoms with Gasteiger partial charge in [-0.2, -0.15) is 132 Å². The Hall–Kier alpha value is -6.31. The molecule has 0 saturated heterocycles. The van der Waals surface area contributed by atoms with Gasteiger partial charge in [-0.3, -0.25) is 4.79 Å². The van der Waals surface area contributed by atoms with Crippen LogP contribution in [0.15, 0.2) is 140 Å². The minimum absolute atomic E-state index is 0.0269. The van der Waals surface area contributed by atoms with E-state index < -0.39 is 203 Å². The molecular weight excluding hydrogens is 1380 g/mol. The predicted molar refractivity (Wildman–Crippen MR) is 260 cm³/mol. The number of aromatic nitrogens is 1. The van der Waals surface area contributed by atoms with Gasteiger partial charge < -0.3 is 4.74 Å². The molecule has 0 unspecified atom stereocenters. The lowest BCUT2D eigenvalue weighted by Gasteiger charge is -2.46. The number of carbonyl (C=O) groups excluding carboxylic acids is 2. The van der Waals surface area contributed by atoms with E-state index >= 15 is 0 Å². The van der Waals surface area contributed by atoms with Crippen LogP contribution in [0.25, 0.3) is 10.8 Å². The Balaban J connectivity index is 0.000000352. The van der Waals surface area contributed by atoms with Crippen molar-refractivity contribution in [2.75, 3.05) is 0 Å². The third kappa shape index (κ3) is 15.5. The smallest absolute Gasteiger partial charge is 0.416 e. The number of ketones is 1. The van der Waals surface area contributed by atoms with Gasteiger partial charge in [0.05, 0.1) is 49.9 Å². The molecule has 0 radical (unpaired) electrons. The molecule has 0 aliphatic carbocycles. The summed E-state index contributed by atoms with van der Waals surface area (Å²) in [6, 6.07) is 9.49. The summed E-state index contributed by atoms with van der Waals surface area (Å²) >= 11 is 9.50. The van der Waals surface area contributed by atoms with E-state index in [1.165, 1.54) is 0 Å².